The van der Waals surface area contributed by atoms with Crippen LogP contribution >= 0.6 is 0 Å². The van der Waals surface area contributed by atoms with E-state index in [1.165, 1.54) is 17.0 Å². The van der Waals surface area contributed by atoms with E-state index >= 15 is 0 Å². The smallest absolute Gasteiger partial charge is 0.407 e. The molecule has 2 rings (SSSR count). The molecule has 1 aliphatic heterocycles. The van der Waals surface area contributed by atoms with Crippen LogP contribution in [0.3, 0.4) is 0 Å². The van der Waals surface area contributed by atoms with Crippen molar-refractivity contribution in [1.82, 2.24) is 4.90 Å². The van der Waals surface area contributed by atoms with E-state index in [4.69, 9.17) is 4.18 Å². The van der Waals surface area contributed by atoms with E-state index in [0.717, 1.165) is 5.56 Å². The molecule has 0 saturated carbocycles. The highest BCUT2D eigenvalue weighted by atomic mass is 32.2. The second kappa shape index (κ2) is 7.33. The van der Waals surface area contributed by atoms with Crippen LogP contribution < -0.4 is 0 Å². The lowest BCUT2D eigenvalue weighted by Crippen LogP contribution is -2.52. The zero-order valence-corrected chi connectivity index (χ0v) is 16.0. The first-order valence-electron chi connectivity index (χ1n) is 8.46. The summed E-state index contributed by atoms with van der Waals surface area (Å²) < 4.78 is 29.9. The van der Waals surface area contributed by atoms with Crippen molar-refractivity contribution in [3.8, 4) is 0 Å². The Morgan fingerprint density at radius 1 is 1.28 bits per heavy atom. The quantitative estimate of drug-likeness (QED) is 0.821. The molecule has 1 aliphatic rings. The monoisotopic (exact) mass is 369 g/mol. The standard InChI is InChI=1S/C18H27NO5S/c1-13-5-7-15(8-6-13)25(22,23)24-12-14-9-10-19(17(20)21)16(11-14)18(2,3)4/h5-8,14,16H,9-12H2,1-4H3,(H,20,21). The molecule has 1 saturated heterocycles. The lowest BCUT2D eigenvalue weighted by atomic mass is 9.77. The van der Waals surface area contributed by atoms with Crippen molar-refractivity contribution >= 4 is 16.2 Å². The van der Waals surface area contributed by atoms with Crippen LogP contribution in [-0.4, -0.2) is 43.7 Å². The van der Waals surface area contributed by atoms with E-state index in [1.54, 1.807) is 12.1 Å². The van der Waals surface area contributed by atoms with E-state index in [9.17, 15) is 18.3 Å². The SMILES string of the molecule is Cc1ccc(S(=O)(=O)OCC2CCN(C(=O)O)C(C(C)(C)C)C2)cc1. The van der Waals surface area contributed by atoms with Gasteiger partial charge in [-0.2, -0.15) is 8.42 Å². The largest absolute Gasteiger partial charge is 0.465 e. The minimum atomic E-state index is -3.79. The molecule has 1 aromatic rings. The highest BCUT2D eigenvalue weighted by molar-refractivity contribution is 7.86. The molecule has 140 valence electrons. The predicted octanol–water partition coefficient (Wildman–Crippen LogP) is 3.51. The van der Waals surface area contributed by atoms with Crippen molar-refractivity contribution in [2.24, 2.45) is 11.3 Å². The van der Waals surface area contributed by atoms with Crippen LogP contribution in [0.2, 0.25) is 0 Å². The molecular formula is C18H27NO5S. The Hall–Kier alpha value is -1.60. The second-order valence-corrected chi connectivity index (χ2v) is 9.42. The third-order valence-corrected chi connectivity index (χ3v) is 6.02. The minimum Gasteiger partial charge on any atom is -0.465 e. The average Bonchev–Trinajstić information content (AvgIpc) is 2.52. The molecule has 0 radical (unpaired) electrons. The van der Waals surface area contributed by atoms with Crippen molar-refractivity contribution in [2.75, 3.05) is 13.2 Å². The number of hydrogen-bond acceptors (Lipinski definition) is 4. The van der Waals surface area contributed by atoms with Gasteiger partial charge in [-0.05, 0) is 43.2 Å². The topological polar surface area (TPSA) is 83.9 Å². The highest BCUT2D eigenvalue weighted by Gasteiger charge is 2.39. The molecule has 0 spiro atoms. The fourth-order valence-electron chi connectivity index (χ4n) is 3.20. The van der Waals surface area contributed by atoms with Crippen molar-refractivity contribution < 1.29 is 22.5 Å². The Morgan fingerprint density at radius 3 is 2.40 bits per heavy atom. The molecule has 2 unspecified atom stereocenters. The number of carbonyl (C=O) groups is 1. The molecule has 1 aromatic carbocycles. The Balaban J connectivity index is 2.03. The summed E-state index contributed by atoms with van der Waals surface area (Å²) >= 11 is 0. The lowest BCUT2D eigenvalue weighted by molar-refractivity contribution is 0.0308. The van der Waals surface area contributed by atoms with Gasteiger partial charge in [-0.25, -0.2) is 4.79 Å². The van der Waals surface area contributed by atoms with Gasteiger partial charge >= 0.3 is 6.09 Å². The third-order valence-electron chi connectivity index (χ3n) is 4.72. The van der Waals surface area contributed by atoms with Gasteiger partial charge in [0.1, 0.15) is 0 Å². The maximum atomic E-state index is 12.3. The molecule has 7 heteroatoms. The van der Waals surface area contributed by atoms with E-state index in [2.05, 4.69) is 0 Å². The first-order chi connectivity index (χ1) is 11.5. The molecule has 6 nitrogen and oxygen atoms in total. The van der Waals surface area contributed by atoms with Crippen molar-refractivity contribution in [3.63, 3.8) is 0 Å². The number of hydrogen-bond donors (Lipinski definition) is 1. The number of amides is 1. The van der Waals surface area contributed by atoms with Crippen LogP contribution in [-0.2, 0) is 14.3 Å². The van der Waals surface area contributed by atoms with Gasteiger partial charge in [0.05, 0.1) is 11.5 Å². The minimum absolute atomic E-state index is 0.0139. The summed E-state index contributed by atoms with van der Waals surface area (Å²) in [5.41, 5.74) is 0.764. The summed E-state index contributed by atoms with van der Waals surface area (Å²) in [5, 5.41) is 9.39. The summed E-state index contributed by atoms with van der Waals surface area (Å²) in [6.07, 6.45) is 0.271. The summed E-state index contributed by atoms with van der Waals surface area (Å²) in [5.74, 6) is 0.0139. The molecule has 0 bridgehead atoms. The van der Waals surface area contributed by atoms with Crippen molar-refractivity contribution in [1.29, 1.82) is 0 Å². The maximum Gasteiger partial charge on any atom is 0.407 e. The Morgan fingerprint density at radius 2 is 1.88 bits per heavy atom. The Bertz CT molecular complexity index is 706. The van der Waals surface area contributed by atoms with Crippen LogP contribution in [0, 0.1) is 18.3 Å². The van der Waals surface area contributed by atoms with Gasteiger partial charge in [0, 0.05) is 12.6 Å². The Labute approximate surface area is 149 Å². The fourth-order valence-corrected chi connectivity index (χ4v) is 4.18. The molecule has 1 amide bonds. The fraction of sp³-hybridized carbons (Fsp3) is 0.611. The summed E-state index contributed by atoms with van der Waals surface area (Å²) in [6, 6.07) is 6.38. The number of benzene rings is 1. The summed E-state index contributed by atoms with van der Waals surface area (Å²) in [7, 11) is -3.79. The van der Waals surface area contributed by atoms with Gasteiger partial charge in [-0.1, -0.05) is 38.5 Å². The summed E-state index contributed by atoms with van der Waals surface area (Å²) in [6.45, 7) is 8.37. The molecule has 1 heterocycles. The van der Waals surface area contributed by atoms with Gasteiger partial charge in [0.2, 0.25) is 0 Å². The van der Waals surface area contributed by atoms with Gasteiger partial charge in [0.25, 0.3) is 10.1 Å². The van der Waals surface area contributed by atoms with Crippen LogP contribution in [0.15, 0.2) is 29.2 Å². The lowest BCUT2D eigenvalue weighted by Gasteiger charge is -2.44. The molecule has 0 aromatic heterocycles. The van der Waals surface area contributed by atoms with Crippen LogP contribution in [0.5, 0.6) is 0 Å². The van der Waals surface area contributed by atoms with Crippen LogP contribution in [0.1, 0.15) is 39.2 Å². The van der Waals surface area contributed by atoms with E-state index in [1.807, 2.05) is 27.7 Å². The number of likely N-dealkylation sites (tertiary alicyclic amines) is 1. The zero-order valence-electron chi connectivity index (χ0n) is 15.2. The number of rotatable bonds is 4. The van der Waals surface area contributed by atoms with Crippen molar-refractivity contribution in [2.45, 2.75) is 51.5 Å². The third kappa shape index (κ3) is 4.95. The normalized spacial score (nSPS) is 22.0. The first-order valence-corrected chi connectivity index (χ1v) is 9.87. The number of nitrogens with zero attached hydrogens (tertiary/aromatic N) is 1. The number of carboxylic acid groups (broad SMARTS) is 1. The second-order valence-electron chi connectivity index (χ2n) is 7.80. The van der Waals surface area contributed by atoms with E-state index in [-0.39, 0.29) is 28.9 Å². The average molecular weight is 369 g/mol. The summed E-state index contributed by atoms with van der Waals surface area (Å²) in [4.78, 5) is 13.1. The molecule has 25 heavy (non-hydrogen) atoms. The number of aryl methyl sites for hydroxylation is 1. The number of piperidine rings is 1. The first kappa shape index (κ1) is 19.7. The molecule has 2 atom stereocenters. The van der Waals surface area contributed by atoms with Crippen LogP contribution in [0.25, 0.3) is 0 Å². The molecular weight excluding hydrogens is 342 g/mol. The highest BCUT2D eigenvalue weighted by Crippen LogP contribution is 2.35. The predicted molar refractivity (Wildman–Crippen MR) is 95.0 cm³/mol. The van der Waals surface area contributed by atoms with Gasteiger partial charge in [-0.15, -0.1) is 0 Å². The van der Waals surface area contributed by atoms with E-state index < -0.39 is 16.2 Å². The molecule has 1 N–H and O–H groups in total. The Kier molecular flexibility index (Phi) is 5.79. The zero-order chi connectivity index (χ0) is 18.8. The van der Waals surface area contributed by atoms with Crippen LogP contribution in [0.4, 0.5) is 4.79 Å². The van der Waals surface area contributed by atoms with Gasteiger partial charge < -0.3 is 10.0 Å². The van der Waals surface area contributed by atoms with Gasteiger partial charge in [-0.3, -0.25) is 4.18 Å². The van der Waals surface area contributed by atoms with E-state index in [0.29, 0.717) is 19.4 Å². The maximum absolute atomic E-state index is 12.3. The van der Waals surface area contributed by atoms with Crippen molar-refractivity contribution in [3.05, 3.63) is 29.8 Å². The molecule has 1 fully saturated rings. The molecule has 0 aliphatic carbocycles. The van der Waals surface area contributed by atoms with Gasteiger partial charge in [0.15, 0.2) is 0 Å².